The third kappa shape index (κ3) is 2.94. The summed E-state index contributed by atoms with van der Waals surface area (Å²) in [6, 6.07) is 3.63. The van der Waals surface area contributed by atoms with E-state index in [2.05, 4.69) is 0 Å². The van der Waals surface area contributed by atoms with Crippen LogP contribution in [0.2, 0.25) is 0 Å². The number of hydrogen-bond acceptors (Lipinski definition) is 3. The van der Waals surface area contributed by atoms with E-state index in [1.54, 1.807) is 6.07 Å². The summed E-state index contributed by atoms with van der Waals surface area (Å²) in [4.78, 5) is 23.9. The van der Waals surface area contributed by atoms with Gasteiger partial charge in [-0.2, -0.15) is 0 Å². The van der Waals surface area contributed by atoms with Crippen molar-refractivity contribution in [3.63, 3.8) is 0 Å². The zero-order valence-electron chi connectivity index (χ0n) is 9.59. The van der Waals surface area contributed by atoms with E-state index in [1.807, 2.05) is 11.4 Å². The van der Waals surface area contributed by atoms with E-state index < -0.39 is 5.97 Å². The summed E-state index contributed by atoms with van der Waals surface area (Å²) in [5, 5.41) is 10.8. The Morgan fingerprint density at radius 2 is 2.12 bits per heavy atom. The van der Waals surface area contributed by atoms with Gasteiger partial charge in [-0.1, -0.05) is 18.9 Å². The molecule has 1 atom stereocenters. The molecule has 1 N–H and O–H groups in total. The lowest BCUT2D eigenvalue weighted by Crippen LogP contribution is -2.24. The van der Waals surface area contributed by atoms with E-state index in [0.717, 1.165) is 25.7 Å². The molecule has 92 valence electrons. The number of Topliss-reactive ketones (excluding diaryl/α,β-unsaturated/α-hetero) is 1. The van der Waals surface area contributed by atoms with Crippen molar-refractivity contribution >= 4 is 23.1 Å². The van der Waals surface area contributed by atoms with Gasteiger partial charge in [-0.25, -0.2) is 0 Å². The number of thiophene rings is 1. The Kier molecular flexibility index (Phi) is 3.94. The van der Waals surface area contributed by atoms with Crippen LogP contribution in [0, 0.1) is 11.8 Å². The molecule has 1 fully saturated rings. The van der Waals surface area contributed by atoms with Crippen LogP contribution in [0.4, 0.5) is 0 Å². The molecule has 0 aliphatic heterocycles. The van der Waals surface area contributed by atoms with Crippen molar-refractivity contribution in [2.24, 2.45) is 11.8 Å². The molecule has 0 bridgehead atoms. The quantitative estimate of drug-likeness (QED) is 0.819. The number of carbonyl (C=O) groups is 2. The summed E-state index contributed by atoms with van der Waals surface area (Å²) in [7, 11) is 0. The first-order valence-electron chi connectivity index (χ1n) is 5.98. The number of ketones is 1. The minimum atomic E-state index is -0.869. The highest BCUT2D eigenvalue weighted by atomic mass is 32.1. The van der Waals surface area contributed by atoms with Crippen molar-refractivity contribution < 1.29 is 14.7 Å². The van der Waals surface area contributed by atoms with Crippen LogP contribution >= 0.6 is 11.3 Å². The monoisotopic (exact) mass is 252 g/mol. The van der Waals surface area contributed by atoms with Crippen molar-refractivity contribution in [2.75, 3.05) is 0 Å². The maximum absolute atomic E-state index is 12.3. The number of hydrogen-bond donors (Lipinski definition) is 1. The highest BCUT2D eigenvalue weighted by molar-refractivity contribution is 7.12. The maximum Gasteiger partial charge on any atom is 0.304 e. The predicted octanol–water partition coefficient (Wildman–Crippen LogP) is 3.21. The molecule has 1 aliphatic rings. The SMILES string of the molecule is O=C(O)CC(C(=O)c1cccs1)C1CCCC1. The molecule has 1 heterocycles. The van der Waals surface area contributed by atoms with Gasteiger partial charge in [-0.15, -0.1) is 11.3 Å². The van der Waals surface area contributed by atoms with Gasteiger partial charge in [-0.3, -0.25) is 9.59 Å². The molecule has 1 aromatic heterocycles. The molecule has 0 amide bonds. The summed E-state index contributed by atoms with van der Waals surface area (Å²) in [6.45, 7) is 0. The fourth-order valence-electron chi connectivity index (χ4n) is 2.62. The fourth-order valence-corrected chi connectivity index (χ4v) is 3.35. The largest absolute Gasteiger partial charge is 0.481 e. The Balaban J connectivity index is 2.14. The van der Waals surface area contributed by atoms with E-state index in [9.17, 15) is 9.59 Å². The molecule has 0 radical (unpaired) electrons. The lowest BCUT2D eigenvalue weighted by molar-refractivity contribution is -0.138. The lowest BCUT2D eigenvalue weighted by atomic mass is 9.84. The van der Waals surface area contributed by atoms with Crippen molar-refractivity contribution in [1.29, 1.82) is 0 Å². The Hall–Kier alpha value is -1.16. The molecule has 4 heteroatoms. The molecule has 1 aliphatic carbocycles. The summed E-state index contributed by atoms with van der Waals surface area (Å²) in [5.41, 5.74) is 0. The number of rotatable bonds is 5. The molecule has 1 aromatic rings. The van der Waals surface area contributed by atoms with Crippen LogP contribution in [0.5, 0.6) is 0 Å². The topological polar surface area (TPSA) is 54.4 Å². The third-order valence-electron chi connectivity index (χ3n) is 3.46. The minimum Gasteiger partial charge on any atom is -0.481 e. The molecule has 0 spiro atoms. The van der Waals surface area contributed by atoms with Crippen LogP contribution in [0.1, 0.15) is 41.8 Å². The normalized spacial score (nSPS) is 18.1. The van der Waals surface area contributed by atoms with E-state index in [-0.39, 0.29) is 24.0 Å². The van der Waals surface area contributed by atoms with E-state index in [1.165, 1.54) is 11.3 Å². The van der Waals surface area contributed by atoms with Crippen molar-refractivity contribution in [3.8, 4) is 0 Å². The number of carbonyl (C=O) groups excluding carboxylic acids is 1. The summed E-state index contributed by atoms with van der Waals surface area (Å²) in [5.74, 6) is -0.907. The molecule has 1 unspecified atom stereocenters. The molecule has 17 heavy (non-hydrogen) atoms. The van der Waals surface area contributed by atoms with Crippen molar-refractivity contribution in [1.82, 2.24) is 0 Å². The molecule has 1 saturated carbocycles. The first kappa shape index (κ1) is 12.3. The average molecular weight is 252 g/mol. The standard InChI is InChI=1S/C13H16O3S/c14-12(15)8-10(9-4-1-2-5-9)13(16)11-6-3-7-17-11/h3,6-7,9-10H,1-2,4-5,8H2,(H,14,15). The Bertz CT molecular complexity index is 391. The van der Waals surface area contributed by atoms with Gasteiger partial charge in [0.05, 0.1) is 11.3 Å². The van der Waals surface area contributed by atoms with Gasteiger partial charge < -0.3 is 5.11 Å². The van der Waals surface area contributed by atoms with Gasteiger partial charge in [0.2, 0.25) is 0 Å². The lowest BCUT2D eigenvalue weighted by Gasteiger charge is -2.19. The molecular weight excluding hydrogens is 236 g/mol. The number of aliphatic carboxylic acids is 1. The Labute approximate surface area is 104 Å². The van der Waals surface area contributed by atoms with Gasteiger partial charge in [0.1, 0.15) is 0 Å². The zero-order chi connectivity index (χ0) is 12.3. The average Bonchev–Trinajstić information content (AvgIpc) is 2.96. The second kappa shape index (κ2) is 5.45. The fraction of sp³-hybridized carbons (Fsp3) is 0.538. The second-order valence-corrected chi connectivity index (χ2v) is 5.54. The van der Waals surface area contributed by atoms with Gasteiger partial charge in [-0.05, 0) is 30.2 Å². The maximum atomic E-state index is 12.3. The summed E-state index contributed by atoms with van der Waals surface area (Å²) < 4.78 is 0. The minimum absolute atomic E-state index is 0.0225. The molecule has 0 saturated heterocycles. The number of carboxylic acids is 1. The Morgan fingerprint density at radius 1 is 1.41 bits per heavy atom. The highest BCUT2D eigenvalue weighted by Gasteiger charge is 2.33. The van der Waals surface area contributed by atoms with Crippen LogP contribution < -0.4 is 0 Å². The van der Waals surface area contributed by atoms with Crippen LogP contribution in [0.3, 0.4) is 0 Å². The van der Waals surface area contributed by atoms with Crippen LogP contribution in [0.15, 0.2) is 17.5 Å². The zero-order valence-corrected chi connectivity index (χ0v) is 10.4. The van der Waals surface area contributed by atoms with E-state index >= 15 is 0 Å². The number of carboxylic acid groups (broad SMARTS) is 1. The van der Waals surface area contributed by atoms with Crippen LogP contribution in [-0.2, 0) is 4.79 Å². The van der Waals surface area contributed by atoms with Crippen LogP contribution in [-0.4, -0.2) is 16.9 Å². The molecular formula is C13H16O3S. The van der Waals surface area contributed by atoms with E-state index in [4.69, 9.17) is 5.11 Å². The first-order chi connectivity index (χ1) is 8.18. The second-order valence-electron chi connectivity index (χ2n) is 4.59. The van der Waals surface area contributed by atoms with E-state index in [0.29, 0.717) is 4.88 Å². The molecule has 0 aromatic carbocycles. The Morgan fingerprint density at radius 3 is 2.65 bits per heavy atom. The highest BCUT2D eigenvalue weighted by Crippen LogP contribution is 2.35. The van der Waals surface area contributed by atoms with Crippen molar-refractivity contribution in [3.05, 3.63) is 22.4 Å². The van der Waals surface area contributed by atoms with Gasteiger partial charge in [0.25, 0.3) is 0 Å². The van der Waals surface area contributed by atoms with Gasteiger partial charge >= 0.3 is 5.97 Å². The summed E-state index contributed by atoms with van der Waals surface area (Å²) in [6.07, 6.45) is 4.21. The van der Waals surface area contributed by atoms with Crippen LogP contribution in [0.25, 0.3) is 0 Å². The summed E-state index contributed by atoms with van der Waals surface area (Å²) >= 11 is 1.40. The van der Waals surface area contributed by atoms with Crippen molar-refractivity contribution in [2.45, 2.75) is 32.1 Å². The van der Waals surface area contributed by atoms with Gasteiger partial charge in [0.15, 0.2) is 5.78 Å². The third-order valence-corrected chi connectivity index (χ3v) is 4.35. The first-order valence-corrected chi connectivity index (χ1v) is 6.86. The predicted molar refractivity (Wildman–Crippen MR) is 66.4 cm³/mol. The molecule has 2 rings (SSSR count). The van der Waals surface area contributed by atoms with Gasteiger partial charge in [0, 0.05) is 5.92 Å². The molecule has 3 nitrogen and oxygen atoms in total. The smallest absolute Gasteiger partial charge is 0.304 e.